The number of likely N-dealkylation sites (N-methyl/N-ethyl adjacent to an activating group) is 1. The van der Waals surface area contributed by atoms with Crippen molar-refractivity contribution >= 4 is 16.9 Å². The van der Waals surface area contributed by atoms with Crippen LogP contribution in [0.5, 0.6) is 0 Å². The molecule has 0 radical (unpaired) electrons. The first kappa shape index (κ1) is 21.1. The number of nitrogens with one attached hydrogen (secondary N) is 2. The van der Waals surface area contributed by atoms with E-state index in [0.29, 0.717) is 18.2 Å². The van der Waals surface area contributed by atoms with E-state index in [2.05, 4.69) is 27.1 Å². The Morgan fingerprint density at radius 3 is 2.70 bits per heavy atom. The molecule has 8 heteroatoms. The number of piperidine rings is 1. The summed E-state index contributed by atoms with van der Waals surface area (Å²) in [5.41, 5.74) is 2.03. The van der Waals surface area contributed by atoms with E-state index in [0.717, 1.165) is 50.2 Å². The molecule has 0 spiro atoms. The first-order valence-electron chi connectivity index (χ1n) is 11.0. The first-order chi connectivity index (χ1) is 14.4. The molecule has 1 aromatic heterocycles. The summed E-state index contributed by atoms with van der Waals surface area (Å²) in [5, 5.41) is 3.22. The van der Waals surface area contributed by atoms with Gasteiger partial charge in [-0.15, -0.1) is 0 Å². The van der Waals surface area contributed by atoms with Crippen molar-refractivity contribution in [3.8, 4) is 0 Å². The van der Waals surface area contributed by atoms with Gasteiger partial charge in [-0.1, -0.05) is 0 Å². The molecule has 0 aliphatic carbocycles. The molecular formula is C22H34N6O2. The summed E-state index contributed by atoms with van der Waals surface area (Å²) in [5.74, 6) is -0.0556. The van der Waals surface area contributed by atoms with Gasteiger partial charge >= 0.3 is 5.69 Å². The number of benzene rings is 1. The summed E-state index contributed by atoms with van der Waals surface area (Å²) in [6.45, 7) is 5.65. The summed E-state index contributed by atoms with van der Waals surface area (Å²) >= 11 is 0. The first-order valence-corrected chi connectivity index (χ1v) is 11.0. The van der Waals surface area contributed by atoms with E-state index in [1.54, 1.807) is 10.6 Å². The fraction of sp³-hybridized carbons (Fsp3) is 0.636. The minimum atomic E-state index is -0.131. The third-order valence-electron chi connectivity index (χ3n) is 6.57. The number of aromatic nitrogens is 2. The maximum absolute atomic E-state index is 12.9. The highest BCUT2D eigenvalue weighted by molar-refractivity contribution is 5.97. The van der Waals surface area contributed by atoms with E-state index in [1.807, 2.05) is 31.1 Å². The van der Waals surface area contributed by atoms with Gasteiger partial charge in [0.2, 0.25) is 0 Å². The van der Waals surface area contributed by atoms with Crippen LogP contribution in [0.3, 0.4) is 0 Å². The third-order valence-corrected chi connectivity index (χ3v) is 6.57. The topological polar surface area (TPSA) is 76.6 Å². The van der Waals surface area contributed by atoms with E-state index >= 15 is 0 Å². The van der Waals surface area contributed by atoms with Crippen molar-refractivity contribution < 1.29 is 4.79 Å². The zero-order chi connectivity index (χ0) is 21.3. The number of imidazole rings is 1. The molecule has 2 aliphatic rings. The molecule has 8 nitrogen and oxygen atoms in total. The maximum Gasteiger partial charge on any atom is 0.326 e. The van der Waals surface area contributed by atoms with Crippen LogP contribution in [-0.2, 0) is 6.54 Å². The van der Waals surface area contributed by atoms with Gasteiger partial charge in [0, 0.05) is 43.8 Å². The van der Waals surface area contributed by atoms with Gasteiger partial charge in [0.05, 0.1) is 11.0 Å². The summed E-state index contributed by atoms with van der Waals surface area (Å²) in [7, 11) is 6.15. The van der Waals surface area contributed by atoms with Gasteiger partial charge in [-0.05, 0) is 71.7 Å². The second-order valence-corrected chi connectivity index (χ2v) is 9.11. The van der Waals surface area contributed by atoms with Crippen molar-refractivity contribution in [3.63, 3.8) is 0 Å². The van der Waals surface area contributed by atoms with E-state index in [-0.39, 0.29) is 17.6 Å². The Morgan fingerprint density at radius 2 is 1.97 bits per heavy atom. The molecule has 2 fully saturated rings. The number of likely N-dealkylation sites (tertiary alicyclic amines) is 2. The van der Waals surface area contributed by atoms with Crippen LogP contribution in [0.2, 0.25) is 0 Å². The lowest BCUT2D eigenvalue weighted by molar-refractivity contribution is 0.0932. The van der Waals surface area contributed by atoms with Crippen LogP contribution in [0.15, 0.2) is 23.0 Å². The molecule has 2 aromatic rings. The van der Waals surface area contributed by atoms with Gasteiger partial charge in [-0.25, -0.2) is 4.79 Å². The lowest BCUT2D eigenvalue weighted by Crippen LogP contribution is -2.44. The summed E-state index contributed by atoms with van der Waals surface area (Å²) in [6.07, 6.45) is 3.43. The van der Waals surface area contributed by atoms with E-state index in [1.165, 1.54) is 12.8 Å². The normalized spacial score (nSPS) is 21.7. The van der Waals surface area contributed by atoms with Gasteiger partial charge in [0.1, 0.15) is 0 Å². The van der Waals surface area contributed by atoms with Crippen LogP contribution in [0.1, 0.15) is 29.6 Å². The fourth-order valence-electron chi connectivity index (χ4n) is 4.68. The van der Waals surface area contributed by atoms with Gasteiger partial charge < -0.3 is 20.1 Å². The molecule has 0 bridgehead atoms. The van der Waals surface area contributed by atoms with Crippen LogP contribution in [0, 0.1) is 0 Å². The molecule has 1 atom stereocenters. The number of nitrogens with zero attached hydrogens (tertiary/aromatic N) is 4. The second-order valence-electron chi connectivity index (χ2n) is 9.11. The number of fused-ring (bicyclic) bond motifs is 1. The molecule has 30 heavy (non-hydrogen) atoms. The van der Waals surface area contributed by atoms with Crippen molar-refractivity contribution in [3.05, 3.63) is 34.2 Å². The molecule has 3 heterocycles. The highest BCUT2D eigenvalue weighted by Crippen LogP contribution is 2.21. The Bertz CT molecular complexity index is 941. The minimum absolute atomic E-state index is 0.0556. The van der Waals surface area contributed by atoms with Crippen LogP contribution in [0.25, 0.3) is 11.0 Å². The molecule has 2 N–H and O–H groups in total. The van der Waals surface area contributed by atoms with Crippen molar-refractivity contribution in [2.75, 3.05) is 53.9 Å². The average molecular weight is 415 g/mol. The van der Waals surface area contributed by atoms with Crippen LogP contribution in [0.4, 0.5) is 0 Å². The molecule has 1 unspecified atom stereocenters. The van der Waals surface area contributed by atoms with Gasteiger partial charge in [0.25, 0.3) is 5.91 Å². The Labute approximate surface area is 177 Å². The fourth-order valence-corrected chi connectivity index (χ4v) is 4.68. The number of aromatic amines is 1. The van der Waals surface area contributed by atoms with Crippen molar-refractivity contribution in [1.29, 1.82) is 0 Å². The molecule has 164 valence electrons. The standard InChI is InChI=1S/C22H34N6O2/c1-25(2)12-13-28-20-14-16(4-5-19(20)24-22(28)30)21(29)23-17-6-11-27(15-17)18-7-9-26(3)10-8-18/h4-5,14,17-18H,6-13,15H2,1-3H3,(H,23,29)(H,24,30). The molecule has 1 amide bonds. The summed E-state index contributed by atoms with van der Waals surface area (Å²) < 4.78 is 1.71. The van der Waals surface area contributed by atoms with E-state index in [9.17, 15) is 9.59 Å². The largest absolute Gasteiger partial charge is 0.348 e. The summed E-state index contributed by atoms with van der Waals surface area (Å²) in [4.78, 5) is 35.1. The molecule has 0 saturated carbocycles. The molecular weight excluding hydrogens is 380 g/mol. The quantitative estimate of drug-likeness (QED) is 0.731. The summed E-state index contributed by atoms with van der Waals surface area (Å²) in [6, 6.07) is 6.30. The van der Waals surface area contributed by atoms with Crippen LogP contribution < -0.4 is 11.0 Å². The minimum Gasteiger partial charge on any atom is -0.348 e. The van der Waals surface area contributed by atoms with Gasteiger partial charge in [-0.2, -0.15) is 0 Å². The van der Waals surface area contributed by atoms with Crippen molar-refractivity contribution in [2.45, 2.75) is 37.9 Å². The lowest BCUT2D eigenvalue weighted by atomic mass is 10.0. The zero-order valence-corrected chi connectivity index (χ0v) is 18.4. The Hall–Kier alpha value is -2.16. The van der Waals surface area contributed by atoms with Gasteiger partial charge in [0.15, 0.2) is 0 Å². The maximum atomic E-state index is 12.9. The van der Waals surface area contributed by atoms with Crippen LogP contribution in [-0.4, -0.2) is 96.1 Å². The van der Waals surface area contributed by atoms with E-state index in [4.69, 9.17) is 0 Å². The van der Waals surface area contributed by atoms with Crippen molar-refractivity contribution in [2.24, 2.45) is 0 Å². The monoisotopic (exact) mass is 414 g/mol. The highest BCUT2D eigenvalue weighted by atomic mass is 16.2. The van der Waals surface area contributed by atoms with Gasteiger partial charge in [-0.3, -0.25) is 14.3 Å². The molecule has 2 saturated heterocycles. The lowest BCUT2D eigenvalue weighted by Gasteiger charge is -2.35. The number of carbonyl (C=O) groups excluding carboxylic acids is 1. The number of H-pyrrole nitrogens is 1. The Kier molecular flexibility index (Phi) is 6.26. The third kappa shape index (κ3) is 4.61. The smallest absolute Gasteiger partial charge is 0.326 e. The Balaban J connectivity index is 1.41. The van der Waals surface area contributed by atoms with E-state index < -0.39 is 0 Å². The number of rotatable bonds is 6. The molecule has 4 rings (SSSR count). The Morgan fingerprint density at radius 1 is 1.20 bits per heavy atom. The molecule has 1 aromatic carbocycles. The number of amides is 1. The predicted octanol–water partition coefficient (Wildman–Crippen LogP) is 0.790. The highest BCUT2D eigenvalue weighted by Gasteiger charge is 2.30. The predicted molar refractivity (Wildman–Crippen MR) is 119 cm³/mol. The average Bonchev–Trinajstić information content (AvgIpc) is 3.30. The van der Waals surface area contributed by atoms with Crippen molar-refractivity contribution in [1.82, 2.24) is 29.6 Å². The second kappa shape index (κ2) is 8.91. The SMILES string of the molecule is CN(C)CCn1c(=O)[nH]c2ccc(C(=O)NC3CCN(C4CCN(C)CC4)C3)cc21. The van der Waals surface area contributed by atoms with Crippen LogP contribution >= 0.6 is 0 Å². The zero-order valence-electron chi connectivity index (χ0n) is 18.4. The molecule has 2 aliphatic heterocycles. The number of hydrogen-bond donors (Lipinski definition) is 2. The number of carbonyl (C=O) groups is 1. The number of hydrogen-bond acceptors (Lipinski definition) is 5.